The Bertz CT molecular complexity index is 1310. The van der Waals surface area contributed by atoms with Crippen LogP contribution >= 0.6 is 0 Å². The van der Waals surface area contributed by atoms with Gasteiger partial charge in [0.25, 0.3) is 0 Å². The van der Waals surface area contributed by atoms with Crippen molar-refractivity contribution in [1.29, 1.82) is 0 Å². The Labute approximate surface area is 206 Å². The monoisotopic (exact) mass is 470 g/mol. The first-order chi connectivity index (χ1) is 17.2. The summed E-state index contributed by atoms with van der Waals surface area (Å²) in [4.78, 5) is 5.07. The van der Waals surface area contributed by atoms with Gasteiger partial charge < -0.3 is 24.3 Å². The van der Waals surface area contributed by atoms with E-state index in [-0.39, 0.29) is 0 Å². The lowest BCUT2D eigenvalue weighted by Crippen LogP contribution is -2.27. The number of ether oxygens (including phenoxy) is 4. The summed E-state index contributed by atoms with van der Waals surface area (Å²) in [5, 5.41) is 3.69. The van der Waals surface area contributed by atoms with Crippen LogP contribution in [0.2, 0.25) is 0 Å². The third kappa shape index (κ3) is 4.09. The maximum absolute atomic E-state index is 5.66. The molecule has 0 saturated heterocycles. The van der Waals surface area contributed by atoms with Crippen molar-refractivity contribution in [2.24, 2.45) is 4.99 Å². The van der Waals surface area contributed by atoms with Crippen molar-refractivity contribution in [2.75, 3.05) is 41.5 Å². The van der Waals surface area contributed by atoms with Crippen molar-refractivity contribution < 1.29 is 18.9 Å². The molecule has 5 rings (SSSR count). The van der Waals surface area contributed by atoms with Gasteiger partial charge in [0, 0.05) is 29.8 Å². The van der Waals surface area contributed by atoms with Gasteiger partial charge in [-0.15, -0.1) is 0 Å². The highest BCUT2D eigenvalue weighted by Gasteiger charge is 2.28. The van der Waals surface area contributed by atoms with Crippen molar-refractivity contribution in [3.63, 3.8) is 0 Å². The number of hydrogen-bond acceptors (Lipinski definition) is 6. The van der Waals surface area contributed by atoms with Crippen LogP contribution in [0.4, 0.5) is 0 Å². The highest BCUT2D eigenvalue weighted by Crippen LogP contribution is 2.40. The van der Waals surface area contributed by atoms with Crippen LogP contribution in [0.3, 0.4) is 0 Å². The second-order valence-electron chi connectivity index (χ2n) is 8.50. The molecule has 6 heteroatoms. The molecular weight excluding hydrogens is 440 g/mol. The number of methoxy groups -OCH3 is 4. The summed E-state index contributed by atoms with van der Waals surface area (Å²) >= 11 is 0. The number of rotatable bonds is 6. The van der Waals surface area contributed by atoms with Crippen molar-refractivity contribution in [3.05, 3.63) is 82.4 Å². The van der Waals surface area contributed by atoms with Crippen LogP contribution in [-0.2, 0) is 12.8 Å². The third-order valence-electron chi connectivity index (χ3n) is 6.64. The zero-order valence-electron chi connectivity index (χ0n) is 20.6. The summed E-state index contributed by atoms with van der Waals surface area (Å²) in [5.41, 5.74) is 8.73. The molecule has 3 aromatic rings. The molecule has 0 spiro atoms. The van der Waals surface area contributed by atoms with Crippen LogP contribution in [-0.4, -0.2) is 47.2 Å². The molecule has 2 aliphatic rings. The summed E-state index contributed by atoms with van der Waals surface area (Å²) in [6.45, 7) is 1.53. The van der Waals surface area contributed by atoms with Gasteiger partial charge in [0.1, 0.15) is 0 Å². The van der Waals surface area contributed by atoms with Gasteiger partial charge in [0.2, 0.25) is 0 Å². The normalized spacial score (nSPS) is 15.7. The number of nitrogens with zero attached hydrogens (tertiary/aromatic N) is 1. The molecule has 0 amide bonds. The molecule has 0 aromatic heterocycles. The van der Waals surface area contributed by atoms with Gasteiger partial charge in [0.05, 0.1) is 39.8 Å². The molecule has 35 heavy (non-hydrogen) atoms. The Morgan fingerprint density at radius 2 is 1.29 bits per heavy atom. The number of hydrogen-bond donors (Lipinski definition) is 1. The Hall–Kier alpha value is -3.93. The fraction of sp³-hybridized carbons (Fsp3) is 0.276. The minimum Gasteiger partial charge on any atom is -0.493 e. The quantitative estimate of drug-likeness (QED) is 0.562. The third-order valence-corrected chi connectivity index (χ3v) is 6.64. The lowest BCUT2D eigenvalue weighted by Gasteiger charge is -2.28. The van der Waals surface area contributed by atoms with Gasteiger partial charge in [-0.3, -0.25) is 4.99 Å². The molecule has 0 saturated carbocycles. The lowest BCUT2D eigenvalue weighted by molar-refractivity contribution is 0.354. The summed E-state index contributed by atoms with van der Waals surface area (Å²) < 4.78 is 22.5. The Balaban J connectivity index is 1.79. The van der Waals surface area contributed by atoms with Gasteiger partial charge in [-0.2, -0.15) is 0 Å². The van der Waals surface area contributed by atoms with E-state index in [2.05, 4.69) is 47.8 Å². The lowest BCUT2D eigenvalue weighted by atomic mass is 9.85. The number of aliphatic imine (C=N–C) groups is 1. The van der Waals surface area contributed by atoms with E-state index in [0.717, 1.165) is 64.6 Å². The first kappa shape index (κ1) is 22.8. The average Bonchev–Trinajstić information content (AvgIpc) is 2.92. The predicted molar refractivity (Wildman–Crippen MR) is 139 cm³/mol. The molecule has 3 aromatic carbocycles. The minimum atomic E-state index is 0.696. The van der Waals surface area contributed by atoms with Crippen LogP contribution < -0.4 is 24.3 Å². The molecule has 0 aliphatic carbocycles. The first-order valence-corrected chi connectivity index (χ1v) is 11.8. The summed E-state index contributed by atoms with van der Waals surface area (Å²) in [7, 11) is 6.68. The van der Waals surface area contributed by atoms with Crippen LogP contribution in [0, 0.1) is 0 Å². The molecule has 0 bridgehead atoms. The smallest absolute Gasteiger partial charge is 0.161 e. The number of nitrogens with one attached hydrogen (secondary N) is 1. The van der Waals surface area contributed by atoms with E-state index in [1.807, 2.05) is 12.1 Å². The highest BCUT2D eigenvalue weighted by atomic mass is 16.5. The number of allylic oxidation sites excluding steroid dienone is 1. The topological polar surface area (TPSA) is 61.3 Å². The van der Waals surface area contributed by atoms with E-state index in [9.17, 15) is 0 Å². The SMILES string of the molecule is COc1cc2c(cc1OC)C(C(=C1NCCc3cc(OC)c(OC)cc31)c1ccccc1)=NCC2. The second kappa shape index (κ2) is 9.74. The van der Waals surface area contributed by atoms with E-state index < -0.39 is 0 Å². The maximum Gasteiger partial charge on any atom is 0.161 e. The standard InChI is InChI=1S/C29H30N2O4/c1-32-23-14-19-10-12-30-28(21(19)16-25(23)34-3)27(18-8-6-5-7-9-18)29-22-17-26(35-4)24(33-2)15-20(22)11-13-31-29/h5-9,14-17,30H,10-13H2,1-4H3. The zero-order valence-corrected chi connectivity index (χ0v) is 20.6. The minimum absolute atomic E-state index is 0.696. The molecule has 0 atom stereocenters. The molecule has 0 fully saturated rings. The molecule has 2 heterocycles. The molecule has 180 valence electrons. The summed E-state index contributed by atoms with van der Waals surface area (Å²) in [5.74, 6) is 2.88. The van der Waals surface area contributed by atoms with Crippen LogP contribution in [0.15, 0.2) is 59.6 Å². The number of benzene rings is 3. The second-order valence-corrected chi connectivity index (χ2v) is 8.50. The van der Waals surface area contributed by atoms with Crippen molar-refractivity contribution in [2.45, 2.75) is 12.8 Å². The van der Waals surface area contributed by atoms with Gasteiger partial charge >= 0.3 is 0 Å². The van der Waals surface area contributed by atoms with Crippen molar-refractivity contribution in [3.8, 4) is 23.0 Å². The molecule has 6 nitrogen and oxygen atoms in total. The average molecular weight is 471 g/mol. The highest BCUT2D eigenvalue weighted by molar-refractivity contribution is 6.37. The fourth-order valence-electron chi connectivity index (χ4n) is 4.94. The Morgan fingerprint density at radius 3 is 1.91 bits per heavy atom. The van der Waals surface area contributed by atoms with Gasteiger partial charge in [-0.05, 0) is 53.8 Å². The van der Waals surface area contributed by atoms with E-state index in [1.54, 1.807) is 28.4 Å². The summed E-state index contributed by atoms with van der Waals surface area (Å²) in [6, 6.07) is 18.7. The zero-order chi connectivity index (χ0) is 24.4. The van der Waals surface area contributed by atoms with Gasteiger partial charge in [0.15, 0.2) is 23.0 Å². The molecule has 2 aliphatic heterocycles. The molecular formula is C29H30N2O4. The Kier molecular flexibility index (Phi) is 6.36. The maximum atomic E-state index is 5.66. The van der Waals surface area contributed by atoms with Crippen LogP contribution in [0.25, 0.3) is 11.3 Å². The number of fused-ring (bicyclic) bond motifs is 2. The predicted octanol–water partition coefficient (Wildman–Crippen LogP) is 4.78. The largest absolute Gasteiger partial charge is 0.493 e. The molecule has 0 radical (unpaired) electrons. The van der Waals surface area contributed by atoms with Crippen LogP contribution in [0.5, 0.6) is 23.0 Å². The van der Waals surface area contributed by atoms with Gasteiger partial charge in [-0.1, -0.05) is 30.3 Å². The van der Waals surface area contributed by atoms with Crippen molar-refractivity contribution >= 4 is 17.0 Å². The fourth-order valence-corrected chi connectivity index (χ4v) is 4.94. The van der Waals surface area contributed by atoms with E-state index in [1.165, 1.54) is 11.1 Å². The van der Waals surface area contributed by atoms with Gasteiger partial charge in [-0.25, -0.2) is 0 Å². The molecule has 1 N–H and O–H groups in total. The summed E-state index contributed by atoms with van der Waals surface area (Å²) in [6.07, 6.45) is 1.75. The van der Waals surface area contributed by atoms with E-state index >= 15 is 0 Å². The Morgan fingerprint density at radius 1 is 0.714 bits per heavy atom. The van der Waals surface area contributed by atoms with Crippen molar-refractivity contribution in [1.82, 2.24) is 5.32 Å². The van der Waals surface area contributed by atoms with E-state index in [0.29, 0.717) is 18.0 Å². The van der Waals surface area contributed by atoms with E-state index in [4.69, 9.17) is 23.9 Å². The first-order valence-electron chi connectivity index (χ1n) is 11.8. The molecule has 0 unspecified atom stereocenters. The van der Waals surface area contributed by atoms with Crippen LogP contribution in [0.1, 0.15) is 27.8 Å².